The SMILES string of the molecule is COCc1cncc2c1CCN(CC(C)C)C2. The van der Waals surface area contributed by atoms with Crippen molar-refractivity contribution in [2.75, 3.05) is 20.2 Å². The summed E-state index contributed by atoms with van der Waals surface area (Å²) in [6.07, 6.45) is 5.09. The molecule has 0 N–H and O–H groups in total. The lowest BCUT2D eigenvalue weighted by atomic mass is 9.97. The van der Waals surface area contributed by atoms with Crippen LogP contribution in [0.1, 0.15) is 30.5 Å². The Morgan fingerprint density at radius 2 is 2.24 bits per heavy atom. The first-order valence-electron chi connectivity index (χ1n) is 6.36. The molecular weight excluding hydrogens is 212 g/mol. The quantitative estimate of drug-likeness (QED) is 0.799. The number of ether oxygens (including phenoxy) is 1. The molecule has 0 unspecified atom stereocenters. The maximum Gasteiger partial charge on any atom is 0.0730 e. The molecule has 0 atom stereocenters. The van der Waals surface area contributed by atoms with Gasteiger partial charge < -0.3 is 4.74 Å². The summed E-state index contributed by atoms with van der Waals surface area (Å²) in [5, 5.41) is 0. The van der Waals surface area contributed by atoms with Gasteiger partial charge in [-0.3, -0.25) is 9.88 Å². The molecule has 0 aliphatic carbocycles. The van der Waals surface area contributed by atoms with E-state index in [2.05, 4.69) is 23.7 Å². The molecule has 3 nitrogen and oxygen atoms in total. The lowest BCUT2D eigenvalue weighted by molar-refractivity contribution is 0.181. The van der Waals surface area contributed by atoms with E-state index in [4.69, 9.17) is 4.74 Å². The molecule has 2 rings (SSSR count). The minimum Gasteiger partial charge on any atom is -0.380 e. The second-order valence-electron chi connectivity index (χ2n) is 5.25. The molecule has 2 heterocycles. The summed E-state index contributed by atoms with van der Waals surface area (Å²) in [5.41, 5.74) is 4.10. The summed E-state index contributed by atoms with van der Waals surface area (Å²) in [7, 11) is 1.74. The van der Waals surface area contributed by atoms with Crippen LogP contribution in [0.4, 0.5) is 0 Å². The van der Waals surface area contributed by atoms with Gasteiger partial charge in [-0.05, 0) is 29.0 Å². The van der Waals surface area contributed by atoms with E-state index < -0.39 is 0 Å². The van der Waals surface area contributed by atoms with Gasteiger partial charge in [-0.25, -0.2) is 0 Å². The summed E-state index contributed by atoms with van der Waals surface area (Å²) >= 11 is 0. The van der Waals surface area contributed by atoms with E-state index in [1.165, 1.54) is 23.2 Å². The van der Waals surface area contributed by atoms with Crippen molar-refractivity contribution in [2.24, 2.45) is 5.92 Å². The monoisotopic (exact) mass is 234 g/mol. The van der Waals surface area contributed by atoms with Crippen molar-refractivity contribution in [2.45, 2.75) is 33.4 Å². The van der Waals surface area contributed by atoms with Gasteiger partial charge in [-0.1, -0.05) is 13.8 Å². The van der Waals surface area contributed by atoms with Gasteiger partial charge in [0, 0.05) is 39.1 Å². The van der Waals surface area contributed by atoms with Crippen LogP contribution in [0.2, 0.25) is 0 Å². The second kappa shape index (κ2) is 5.61. The van der Waals surface area contributed by atoms with Crippen molar-refractivity contribution in [3.05, 3.63) is 29.1 Å². The van der Waals surface area contributed by atoms with Gasteiger partial charge in [0.25, 0.3) is 0 Å². The molecule has 94 valence electrons. The van der Waals surface area contributed by atoms with Crippen molar-refractivity contribution >= 4 is 0 Å². The highest BCUT2D eigenvalue weighted by molar-refractivity contribution is 5.33. The van der Waals surface area contributed by atoms with Gasteiger partial charge >= 0.3 is 0 Å². The average Bonchev–Trinajstić information content (AvgIpc) is 2.28. The molecule has 17 heavy (non-hydrogen) atoms. The summed E-state index contributed by atoms with van der Waals surface area (Å²) < 4.78 is 5.23. The molecule has 0 spiro atoms. The number of hydrogen-bond donors (Lipinski definition) is 0. The molecule has 1 aliphatic rings. The number of aromatic nitrogens is 1. The van der Waals surface area contributed by atoms with Crippen molar-refractivity contribution < 1.29 is 4.74 Å². The van der Waals surface area contributed by atoms with Crippen molar-refractivity contribution in [3.8, 4) is 0 Å². The smallest absolute Gasteiger partial charge is 0.0730 e. The Morgan fingerprint density at radius 1 is 1.41 bits per heavy atom. The third kappa shape index (κ3) is 3.05. The standard InChI is InChI=1S/C14H22N2O/c1-11(2)8-16-5-4-14-12(9-16)6-15-7-13(14)10-17-3/h6-7,11H,4-5,8-10H2,1-3H3. The van der Waals surface area contributed by atoms with Crippen LogP contribution in [0.25, 0.3) is 0 Å². The number of rotatable bonds is 4. The molecule has 0 fully saturated rings. The van der Waals surface area contributed by atoms with E-state index >= 15 is 0 Å². The fourth-order valence-corrected chi connectivity index (χ4v) is 2.58. The minimum absolute atomic E-state index is 0.681. The Kier molecular flexibility index (Phi) is 4.13. The summed E-state index contributed by atoms with van der Waals surface area (Å²) in [5.74, 6) is 0.728. The summed E-state index contributed by atoms with van der Waals surface area (Å²) in [4.78, 5) is 6.84. The van der Waals surface area contributed by atoms with E-state index in [-0.39, 0.29) is 0 Å². The highest BCUT2D eigenvalue weighted by Gasteiger charge is 2.19. The Bertz CT molecular complexity index is 376. The predicted molar refractivity (Wildman–Crippen MR) is 68.8 cm³/mol. The molecule has 1 aromatic rings. The minimum atomic E-state index is 0.681. The molecule has 1 aliphatic heterocycles. The maximum atomic E-state index is 5.23. The van der Waals surface area contributed by atoms with Gasteiger partial charge in [-0.15, -0.1) is 0 Å². The Labute approximate surface area is 104 Å². The van der Waals surface area contributed by atoms with E-state index in [0.29, 0.717) is 6.61 Å². The largest absolute Gasteiger partial charge is 0.380 e. The fourth-order valence-electron chi connectivity index (χ4n) is 2.58. The van der Waals surface area contributed by atoms with Gasteiger partial charge in [-0.2, -0.15) is 0 Å². The van der Waals surface area contributed by atoms with Crippen LogP contribution in [0.5, 0.6) is 0 Å². The molecule has 0 aromatic carbocycles. The van der Waals surface area contributed by atoms with Crippen LogP contribution in [0, 0.1) is 5.92 Å². The third-order valence-electron chi connectivity index (χ3n) is 3.23. The van der Waals surface area contributed by atoms with Crippen LogP contribution in [-0.4, -0.2) is 30.1 Å². The van der Waals surface area contributed by atoms with Gasteiger partial charge in [0.05, 0.1) is 6.61 Å². The first-order valence-corrected chi connectivity index (χ1v) is 6.36. The molecule has 0 amide bonds. The van der Waals surface area contributed by atoms with Crippen LogP contribution in [0.15, 0.2) is 12.4 Å². The molecule has 0 bridgehead atoms. The second-order valence-corrected chi connectivity index (χ2v) is 5.25. The Hall–Kier alpha value is -0.930. The van der Waals surface area contributed by atoms with Gasteiger partial charge in [0.1, 0.15) is 0 Å². The average molecular weight is 234 g/mol. The molecule has 0 radical (unpaired) electrons. The number of methoxy groups -OCH3 is 1. The number of pyridine rings is 1. The lowest BCUT2D eigenvalue weighted by Gasteiger charge is -2.30. The van der Waals surface area contributed by atoms with Gasteiger partial charge in [0.2, 0.25) is 0 Å². The zero-order valence-electron chi connectivity index (χ0n) is 11.1. The van der Waals surface area contributed by atoms with Crippen molar-refractivity contribution in [1.82, 2.24) is 9.88 Å². The summed E-state index contributed by atoms with van der Waals surface area (Å²) in [6, 6.07) is 0. The van der Waals surface area contributed by atoms with Crippen LogP contribution in [-0.2, 0) is 24.3 Å². The van der Waals surface area contributed by atoms with E-state index in [0.717, 1.165) is 25.4 Å². The third-order valence-corrected chi connectivity index (χ3v) is 3.23. The topological polar surface area (TPSA) is 25.4 Å². The normalized spacial score (nSPS) is 16.2. The number of fused-ring (bicyclic) bond motifs is 1. The van der Waals surface area contributed by atoms with E-state index in [1.807, 2.05) is 12.4 Å². The molecule has 3 heteroatoms. The molecule has 0 saturated carbocycles. The first kappa shape index (κ1) is 12.5. The van der Waals surface area contributed by atoms with Crippen molar-refractivity contribution in [1.29, 1.82) is 0 Å². The van der Waals surface area contributed by atoms with E-state index in [9.17, 15) is 0 Å². The number of nitrogens with zero attached hydrogens (tertiary/aromatic N) is 2. The predicted octanol–water partition coefficient (Wildman–Crippen LogP) is 2.24. The zero-order valence-corrected chi connectivity index (χ0v) is 11.1. The number of hydrogen-bond acceptors (Lipinski definition) is 3. The highest BCUT2D eigenvalue weighted by Crippen LogP contribution is 2.22. The first-order chi connectivity index (χ1) is 8.20. The van der Waals surface area contributed by atoms with Crippen LogP contribution >= 0.6 is 0 Å². The maximum absolute atomic E-state index is 5.23. The Balaban J connectivity index is 2.13. The molecular formula is C14H22N2O. The highest BCUT2D eigenvalue weighted by atomic mass is 16.5. The molecule has 0 saturated heterocycles. The zero-order chi connectivity index (χ0) is 12.3. The van der Waals surface area contributed by atoms with Gasteiger partial charge in [0.15, 0.2) is 0 Å². The van der Waals surface area contributed by atoms with E-state index in [1.54, 1.807) is 7.11 Å². The lowest BCUT2D eigenvalue weighted by Crippen LogP contribution is -2.34. The Morgan fingerprint density at radius 3 is 2.94 bits per heavy atom. The fraction of sp³-hybridized carbons (Fsp3) is 0.643. The van der Waals surface area contributed by atoms with Crippen LogP contribution in [0.3, 0.4) is 0 Å². The summed E-state index contributed by atoms with van der Waals surface area (Å²) in [6.45, 7) is 8.60. The van der Waals surface area contributed by atoms with Crippen LogP contribution < -0.4 is 0 Å². The van der Waals surface area contributed by atoms with Crippen molar-refractivity contribution in [3.63, 3.8) is 0 Å². The molecule has 1 aromatic heterocycles.